The van der Waals surface area contributed by atoms with E-state index in [1.54, 1.807) is 13.8 Å². The van der Waals surface area contributed by atoms with Gasteiger partial charge in [0.25, 0.3) is 0 Å². The van der Waals surface area contributed by atoms with Gasteiger partial charge in [0, 0.05) is 12.5 Å². The molecule has 7 nitrogen and oxygen atoms in total. The van der Waals surface area contributed by atoms with Crippen LogP contribution in [0, 0.1) is 5.82 Å². The van der Waals surface area contributed by atoms with Crippen LogP contribution in [0.3, 0.4) is 0 Å². The lowest BCUT2D eigenvalue weighted by Crippen LogP contribution is -2.43. The summed E-state index contributed by atoms with van der Waals surface area (Å²) in [7, 11) is 1.16. The molecular weight excluding hydrogens is 355 g/mol. The predicted octanol–water partition coefficient (Wildman–Crippen LogP) is 2.61. The Morgan fingerprint density at radius 3 is 2.68 bits per heavy atom. The molecule has 1 heterocycles. The Bertz CT molecular complexity index is 710. The molecule has 2 amide bonds. The molecule has 1 atom stereocenters. The topological polar surface area (TPSA) is 84.9 Å². The van der Waals surface area contributed by atoms with Crippen molar-refractivity contribution in [1.82, 2.24) is 4.90 Å². The first-order valence-corrected chi connectivity index (χ1v) is 7.93. The second-order valence-electron chi connectivity index (χ2n) is 5.77. The number of rotatable bonds is 4. The average Bonchev–Trinajstić information content (AvgIpc) is 2.92. The normalized spacial score (nSPS) is 17.0. The second-order valence-corrected chi connectivity index (χ2v) is 6.18. The van der Waals surface area contributed by atoms with Crippen molar-refractivity contribution in [3.05, 3.63) is 23.0 Å². The lowest BCUT2D eigenvalue weighted by Gasteiger charge is -2.22. The van der Waals surface area contributed by atoms with Gasteiger partial charge in [-0.1, -0.05) is 11.6 Å². The van der Waals surface area contributed by atoms with E-state index in [0.717, 1.165) is 18.1 Å². The summed E-state index contributed by atoms with van der Waals surface area (Å²) in [4.78, 5) is 36.7. The quantitative estimate of drug-likeness (QED) is 0.821. The zero-order valence-electron chi connectivity index (χ0n) is 14.0. The molecule has 1 fully saturated rings. The maximum atomic E-state index is 14.1. The number of amides is 2. The van der Waals surface area contributed by atoms with Crippen molar-refractivity contribution in [2.24, 2.45) is 0 Å². The van der Waals surface area contributed by atoms with Crippen molar-refractivity contribution in [3.63, 3.8) is 0 Å². The van der Waals surface area contributed by atoms with Crippen LogP contribution in [0.5, 0.6) is 5.75 Å². The molecule has 0 aliphatic carbocycles. The van der Waals surface area contributed by atoms with E-state index < -0.39 is 23.9 Å². The van der Waals surface area contributed by atoms with Gasteiger partial charge in [0.2, 0.25) is 0 Å². The van der Waals surface area contributed by atoms with Gasteiger partial charge < -0.3 is 19.7 Å². The van der Waals surface area contributed by atoms with Gasteiger partial charge in [-0.2, -0.15) is 0 Å². The minimum Gasteiger partial charge on any atom is -0.489 e. The molecule has 0 bridgehead atoms. The Morgan fingerprint density at radius 2 is 2.08 bits per heavy atom. The molecule has 2 rings (SSSR count). The highest BCUT2D eigenvalue weighted by Gasteiger charge is 2.39. The van der Waals surface area contributed by atoms with E-state index in [1.165, 1.54) is 6.07 Å². The number of hydrogen-bond donors (Lipinski definition) is 1. The number of hydrogen-bond acceptors (Lipinski definition) is 5. The van der Waals surface area contributed by atoms with E-state index in [0.29, 0.717) is 0 Å². The molecule has 0 spiro atoms. The van der Waals surface area contributed by atoms with E-state index in [2.05, 4.69) is 10.1 Å². The van der Waals surface area contributed by atoms with Gasteiger partial charge in [-0.15, -0.1) is 0 Å². The number of benzene rings is 1. The maximum Gasteiger partial charge on any atom is 0.329 e. The number of nitrogens with one attached hydrogen (secondary N) is 1. The van der Waals surface area contributed by atoms with Crippen LogP contribution >= 0.6 is 11.6 Å². The summed E-state index contributed by atoms with van der Waals surface area (Å²) in [6.45, 7) is 3.29. The number of Topliss-reactive ketones (excluding diaryl/α,β-unsaturated/α-hetero) is 1. The number of carbonyl (C=O) groups excluding carboxylic acids is 3. The number of ether oxygens (including phenoxy) is 2. The van der Waals surface area contributed by atoms with Crippen molar-refractivity contribution < 1.29 is 28.2 Å². The van der Waals surface area contributed by atoms with E-state index in [4.69, 9.17) is 16.3 Å². The van der Waals surface area contributed by atoms with Crippen LogP contribution in [-0.2, 0) is 14.3 Å². The molecule has 0 saturated carbocycles. The third kappa shape index (κ3) is 4.39. The largest absolute Gasteiger partial charge is 0.489 e. The van der Waals surface area contributed by atoms with Crippen molar-refractivity contribution in [3.8, 4) is 5.75 Å². The molecule has 0 aromatic heterocycles. The van der Waals surface area contributed by atoms with Gasteiger partial charge >= 0.3 is 12.0 Å². The molecule has 1 N–H and O–H groups in total. The first-order valence-electron chi connectivity index (χ1n) is 7.55. The van der Waals surface area contributed by atoms with Gasteiger partial charge in [-0.3, -0.25) is 4.79 Å². The molecular formula is C16H18ClFN2O5. The van der Waals surface area contributed by atoms with Gasteiger partial charge in [0.05, 0.1) is 30.5 Å². The summed E-state index contributed by atoms with van der Waals surface area (Å²) < 4.78 is 24.1. The zero-order valence-corrected chi connectivity index (χ0v) is 14.7. The average molecular weight is 373 g/mol. The first kappa shape index (κ1) is 19.0. The summed E-state index contributed by atoms with van der Waals surface area (Å²) in [5, 5.41) is 2.40. The lowest BCUT2D eigenvalue weighted by atomic mass is 10.2. The summed E-state index contributed by atoms with van der Waals surface area (Å²) in [6, 6.07) is 0.444. The number of esters is 1. The summed E-state index contributed by atoms with van der Waals surface area (Å²) >= 11 is 5.92. The number of anilines is 1. The van der Waals surface area contributed by atoms with Crippen molar-refractivity contribution in [1.29, 1.82) is 0 Å². The zero-order chi connectivity index (χ0) is 18.7. The fourth-order valence-electron chi connectivity index (χ4n) is 2.41. The van der Waals surface area contributed by atoms with Crippen LogP contribution in [0.2, 0.25) is 5.02 Å². The fraction of sp³-hybridized carbons (Fsp3) is 0.438. The predicted molar refractivity (Wildman–Crippen MR) is 88.3 cm³/mol. The Kier molecular flexibility index (Phi) is 5.84. The number of methoxy groups -OCH3 is 1. The lowest BCUT2D eigenvalue weighted by molar-refractivity contribution is -0.145. The number of urea groups is 1. The number of nitrogens with zero attached hydrogens (tertiary/aromatic N) is 1. The molecule has 25 heavy (non-hydrogen) atoms. The van der Waals surface area contributed by atoms with Crippen LogP contribution in [0.15, 0.2) is 12.1 Å². The second kappa shape index (κ2) is 7.69. The van der Waals surface area contributed by atoms with Crippen molar-refractivity contribution in [2.45, 2.75) is 32.4 Å². The van der Waals surface area contributed by atoms with Crippen molar-refractivity contribution >= 4 is 35.1 Å². The summed E-state index contributed by atoms with van der Waals surface area (Å²) in [5.74, 6) is -1.56. The molecule has 0 radical (unpaired) electrons. The molecule has 1 saturated heterocycles. The number of likely N-dealkylation sites (tertiary alicyclic amines) is 1. The first-order chi connectivity index (χ1) is 11.7. The van der Waals surface area contributed by atoms with Crippen LogP contribution in [0.25, 0.3) is 0 Å². The molecule has 136 valence electrons. The highest BCUT2D eigenvalue weighted by atomic mass is 35.5. The Hall–Kier alpha value is -2.35. The monoisotopic (exact) mass is 372 g/mol. The van der Waals surface area contributed by atoms with Crippen LogP contribution in [0.4, 0.5) is 14.9 Å². The van der Waals surface area contributed by atoms with Crippen LogP contribution in [0.1, 0.15) is 20.3 Å². The van der Waals surface area contributed by atoms with Gasteiger partial charge in [0.15, 0.2) is 5.78 Å². The number of ketones is 1. The van der Waals surface area contributed by atoms with E-state index in [9.17, 15) is 18.8 Å². The number of carbonyl (C=O) groups is 3. The van der Waals surface area contributed by atoms with Crippen molar-refractivity contribution in [2.75, 3.05) is 19.0 Å². The minimum absolute atomic E-state index is 0.0630. The Labute approximate surface area is 149 Å². The molecule has 1 aliphatic rings. The Morgan fingerprint density at radius 1 is 1.40 bits per heavy atom. The smallest absolute Gasteiger partial charge is 0.329 e. The fourth-order valence-corrected chi connectivity index (χ4v) is 2.60. The van der Waals surface area contributed by atoms with Gasteiger partial charge in [-0.25, -0.2) is 14.0 Å². The van der Waals surface area contributed by atoms with Crippen LogP contribution < -0.4 is 10.1 Å². The third-order valence-corrected chi connectivity index (χ3v) is 3.80. The number of halogens is 2. The highest BCUT2D eigenvalue weighted by Crippen LogP contribution is 2.31. The van der Waals surface area contributed by atoms with E-state index in [-0.39, 0.29) is 41.3 Å². The molecule has 1 aliphatic heterocycles. The summed E-state index contributed by atoms with van der Waals surface area (Å²) in [5.41, 5.74) is -0.173. The Balaban J connectivity index is 2.22. The van der Waals surface area contributed by atoms with Gasteiger partial charge in [0.1, 0.15) is 17.6 Å². The highest BCUT2D eigenvalue weighted by molar-refractivity contribution is 6.32. The molecule has 1 aromatic carbocycles. The van der Waals surface area contributed by atoms with E-state index >= 15 is 0 Å². The molecule has 9 heteroatoms. The summed E-state index contributed by atoms with van der Waals surface area (Å²) in [6.07, 6.45) is -0.336. The molecule has 1 aromatic rings. The van der Waals surface area contributed by atoms with E-state index in [1.807, 2.05) is 0 Å². The molecule has 0 unspecified atom stereocenters. The minimum atomic E-state index is -1.03. The standard InChI is InChI=1S/C16H18ClFN2O5/c1-8(2)25-14-6-12(11(18)5-10(14)17)19-16(23)20-7-9(21)4-13(20)15(22)24-3/h5-6,8,13H,4,7H2,1-3H3,(H,19,23)/t13-/m1/s1. The maximum absolute atomic E-state index is 14.1. The SMILES string of the molecule is COC(=O)[C@H]1CC(=O)CN1C(=O)Nc1cc(OC(C)C)c(Cl)cc1F. The van der Waals surface area contributed by atoms with Crippen LogP contribution in [-0.4, -0.2) is 48.5 Å². The third-order valence-electron chi connectivity index (χ3n) is 3.50. The van der Waals surface area contributed by atoms with Gasteiger partial charge in [-0.05, 0) is 19.9 Å².